The topological polar surface area (TPSA) is 105 Å². The van der Waals surface area contributed by atoms with E-state index >= 15 is 0 Å². The van der Waals surface area contributed by atoms with E-state index in [0.29, 0.717) is 17.9 Å². The number of nitrogens with one attached hydrogen (secondary N) is 1. The number of hydrogen-bond acceptors (Lipinski definition) is 5. The summed E-state index contributed by atoms with van der Waals surface area (Å²) in [4.78, 5) is 22.5. The highest BCUT2D eigenvalue weighted by atomic mass is 16.5. The van der Waals surface area contributed by atoms with Crippen molar-refractivity contribution in [2.45, 2.75) is 25.4 Å². The van der Waals surface area contributed by atoms with Crippen molar-refractivity contribution in [1.82, 2.24) is 5.32 Å². The number of methoxy groups -OCH3 is 2. The molecule has 1 aromatic rings. The third-order valence-electron chi connectivity index (χ3n) is 3.20. The van der Waals surface area contributed by atoms with Crippen molar-refractivity contribution in [2.75, 3.05) is 20.8 Å². The Morgan fingerprint density at radius 1 is 1.27 bits per heavy atom. The molecule has 3 N–H and O–H groups in total. The molecule has 1 amide bonds. The van der Waals surface area contributed by atoms with Gasteiger partial charge >= 0.3 is 5.97 Å². The molecule has 0 aliphatic carbocycles. The Kier molecular flexibility index (Phi) is 6.18. The first kappa shape index (κ1) is 17.8. The fourth-order valence-corrected chi connectivity index (χ4v) is 1.76. The van der Waals surface area contributed by atoms with Gasteiger partial charge in [-0.05, 0) is 37.1 Å². The van der Waals surface area contributed by atoms with Crippen LogP contribution >= 0.6 is 0 Å². The van der Waals surface area contributed by atoms with Gasteiger partial charge in [-0.15, -0.1) is 0 Å². The lowest BCUT2D eigenvalue weighted by Gasteiger charge is -2.18. The van der Waals surface area contributed by atoms with Gasteiger partial charge in [0.05, 0.1) is 20.8 Å². The lowest BCUT2D eigenvalue weighted by Crippen LogP contribution is -2.46. The zero-order valence-corrected chi connectivity index (χ0v) is 12.9. The minimum absolute atomic E-state index is 0.138. The van der Waals surface area contributed by atoms with Crippen LogP contribution in [0.2, 0.25) is 0 Å². The molecule has 0 bridgehead atoms. The lowest BCUT2D eigenvalue weighted by molar-refractivity contribution is -0.156. The van der Waals surface area contributed by atoms with Gasteiger partial charge in [0.2, 0.25) is 5.91 Å². The number of aryl methyl sites for hydroxylation is 1. The molecule has 0 heterocycles. The minimum Gasteiger partial charge on any atom is -0.497 e. The van der Waals surface area contributed by atoms with Crippen molar-refractivity contribution in [3.63, 3.8) is 0 Å². The Morgan fingerprint density at radius 2 is 1.95 bits per heavy atom. The number of ether oxygens (including phenoxy) is 2. The van der Waals surface area contributed by atoms with Gasteiger partial charge in [0.25, 0.3) is 0 Å². The first-order valence-electron chi connectivity index (χ1n) is 6.73. The van der Waals surface area contributed by atoms with E-state index in [2.05, 4.69) is 5.32 Å². The molecule has 122 valence electrons. The monoisotopic (exact) mass is 311 g/mol. The maximum Gasteiger partial charge on any atom is 0.337 e. The highest BCUT2D eigenvalue weighted by Gasteiger charge is 2.30. The van der Waals surface area contributed by atoms with Gasteiger partial charge in [0.15, 0.2) is 5.60 Å². The van der Waals surface area contributed by atoms with E-state index < -0.39 is 11.6 Å². The third kappa shape index (κ3) is 4.92. The molecule has 7 heteroatoms. The molecule has 0 saturated heterocycles. The highest BCUT2D eigenvalue weighted by Crippen LogP contribution is 2.25. The van der Waals surface area contributed by atoms with Crippen molar-refractivity contribution in [1.29, 1.82) is 0 Å². The second-order valence-corrected chi connectivity index (χ2v) is 5.03. The molecule has 1 aromatic carbocycles. The number of aliphatic carboxylic acids is 1. The Labute approximate surface area is 128 Å². The van der Waals surface area contributed by atoms with Gasteiger partial charge in [-0.1, -0.05) is 0 Å². The van der Waals surface area contributed by atoms with Gasteiger partial charge in [0, 0.05) is 6.42 Å². The van der Waals surface area contributed by atoms with Crippen LogP contribution in [-0.2, 0) is 16.0 Å². The van der Waals surface area contributed by atoms with Crippen LogP contribution in [0.15, 0.2) is 18.2 Å². The first-order valence-corrected chi connectivity index (χ1v) is 6.73. The second kappa shape index (κ2) is 7.65. The van der Waals surface area contributed by atoms with Gasteiger partial charge < -0.3 is 25.0 Å². The normalized spacial score (nSPS) is 13.1. The van der Waals surface area contributed by atoms with E-state index in [9.17, 15) is 14.7 Å². The van der Waals surface area contributed by atoms with E-state index in [-0.39, 0.29) is 18.9 Å². The molecular weight excluding hydrogens is 290 g/mol. The van der Waals surface area contributed by atoms with E-state index in [4.69, 9.17) is 14.6 Å². The molecule has 0 saturated carbocycles. The van der Waals surface area contributed by atoms with Gasteiger partial charge in [-0.3, -0.25) is 4.79 Å². The maximum atomic E-state index is 11.8. The molecule has 0 radical (unpaired) electrons. The number of benzene rings is 1. The van der Waals surface area contributed by atoms with Crippen molar-refractivity contribution in [2.24, 2.45) is 0 Å². The summed E-state index contributed by atoms with van der Waals surface area (Å²) >= 11 is 0. The molecule has 1 unspecified atom stereocenters. The first-order chi connectivity index (χ1) is 10.3. The molecular formula is C15H21NO6. The number of carbonyl (C=O) groups is 2. The molecule has 0 aliphatic rings. The van der Waals surface area contributed by atoms with Crippen LogP contribution in [0.5, 0.6) is 11.5 Å². The average Bonchev–Trinajstić information content (AvgIpc) is 2.50. The third-order valence-corrected chi connectivity index (χ3v) is 3.20. The molecule has 1 atom stereocenters. The molecule has 0 aromatic heterocycles. The zero-order valence-electron chi connectivity index (χ0n) is 12.9. The molecule has 0 spiro atoms. The smallest absolute Gasteiger partial charge is 0.337 e. The predicted molar refractivity (Wildman–Crippen MR) is 79.1 cm³/mol. The molecule has 1 rings (SSSR count). The van der Waals surface area contributed by atoms with E-state index in [1.807, 2.05) is 0 Å². The van der Waals surface area contributed by atoms with Gasteiger partial charge in [-0.25, -0.2) is 4.79 Å². The number of rotatable bonds is 8. The summed E-state index contributed by atoms with van der Waals surface area (Å²) < 4.78 is 10.3. The van der Waals surface area contributed by atoms with Crippen LogP contribution in [-0.4, -0.2) is 48.5 Å². The Bertz CT molecular complexity index is 541. The van der Waals surface area contributed by atoms with E-state index in [1.165, 1.54) is 7.11 Å². The predicted octanol–water partition coefficient (Wildman–Crippen LogP) is 0.588. The van der Waals surface area contributed by atoms with E-state index in [0.717, 1.165) is 12.5 Å². The number of carboxylic acids is 1. The van der Waals surface area contributed by atoms with Crippen LogP contribution in [0.3, 0.4) is 0 Å². The summed E-state index contributed by atoms with van der Waals surface area (Å²) in [6.45, 7) is 0.775. The van der Waals surface area contributed by atoms with Crippen LogP contribution in [0.4, 0.5) is 0 Å². The Balaban J connectivity index is 2.59. The lowest BCUT2D eigenvalue weighted by atomic mass is 10.1. The van der Waals surface area contributed by atoms with E-state index in [1.54, 1.807) is 25.3 Å². The molecule has 0 fully saturated rings. The fourth-order valence-electron chi connectivity index (χ4n) is 1.76. The van der Waals surface area contributed by atoms with Crippen molar-refractivity contribution >= 4 is 11.9 Å². The maximum absolute atomic E-state index is 11.8. The summed E-state index contributed by atoms with van der Waals surface area (Å²) in [5.41, 5.74) is -1.18. The quantitative estimate of drug-likeness (QED) is 0.649. The summed E-state index contributed by atoms with van der Waals surface area (Å²) in [5.74, 6) is -0.440. The van der Waals surface area contributed by atoms with Crippen molar-refractivity contribution in [3.05, 3.63) is 23.8 Å². The molecule has 7 nitrogen and oxygen atoms in total. The summed E-state index contributed by atoms with van der Waals surface area (Å²) in [6.07, 6.45) is 0.542. The Morgan fingerprint density at radius 3 is 2.50 bits per heavy atom. The SMILES string of the molecule is COc1ccc(OC)c(CCC(=O)NCC(C)(O)C(=O)O)c1. The van der Waals surface area contributed by atoms with Crippen LogP contribution in [0, 0.1) is 0 Å². The minimum atomic E-state index is -1.98. The van der Waals surface area contributed by atoms with Crippen LogP contribution in [0.25, 0.3) is 0 Å². The largest absolute Gasteiger partial charge is 0.497 e. The summed E-state index contributed by atoms with van der Waals surface area (Å²) in [6, 6.07) is 5.28. The average molecular weight is 311 g/mol. The Hall–Kier alpha value is -2.28. The second-order valence-electron chi connectivity index (χ2n) is 5.03. The fraction of sp³-hybridized carbons (Fsp3) is 0.467. The number of hydrogen-bond donors (Lipinski definition) is 3. The van der Waals surface area contributed by atoms with Gasteiger partial charge in [0.1, 0.15) is 11.5 Å². The molecule has 0 aliphatic heterocycles. The van der Waals surface area contributed by atoms with Crippen molar-refractivity contribution in [3.8, 4) is 11.5 Å². The van der Waals surface area contributed by atoms with Crippen molar-refractivity contribution < 1.29 is 29.3 Å². The van der Waals surface area contributed by atoms with Gasteiger partial charge in [-0.2, -0.15) is 0 Å². The zero-order chi connectivity index (χ0) is 16.8. The standard InChI is InChI=1S/C15H21NO6/c1-15(20,14(18)19)9-16-13(17)7-4-10-8-11(21-2)5-6-12(10)22-3/h5-6,8,20H,4,7,9H2,1-3H3,(H,16,17)(H,18,19). The number of carbonyl (C=O) groups excluding carboxylic acids is 1. The van der Waals surface area contributed by atoms with Crippen LogP contribution < -0.4 is 14.8 Å². The van der Waals surface area contributed by atoms with Crippen LogP contribution in [0.1, 0.15) is 18.9 Å². The number of aliphatic hydroxyl groups is 1. The number of carboxylic acid groups (broad SMARTS) is 1. The summed E-state index contributed by atoms with van der Waals surface area (Å²) in [5, 5.41) is 20.7. The molecule has 22 heavy (non-hydrogen) atoms. The summed E-state index contributed by atoms with van der Waals surface area (Å²) in [7, 11) is 3.09. The highest BCUT2D eigenvalue weighted by molar-refractivity contribution is 5.80. The number of amides is 1.